The van der Waals surface area contributed by atoms with Gasteiger partial charge in [0.25, 0.3) is 0 Å². The van der Waals surface area contributed by atoms with Gasteiger partial charge in [0.15, 0.2) is 0 Å². The van der Waals surface area contributed by atoms with Crippen LogP contribution in [0.5, 0.6) is 23.0 Å². The number of morpholine rings is 1. The highest BCUT2D eigenvalue weighted by molar-refractivity contribution is 6.06. The second-order valence-electron chi connectivity index (χ2n) is 7.49. The zero-order valence-electron chi connectivity index (χ0n) is 19.8. The van der Waals surface area contributed by atoms with Gasteiger partial charge in [-0.3, -0.25) is 4.90 Å². The molecule has 182 valence electrons. The Labute approximate surface area is 198 Å². The molecule has 34 heavy (non-hydrogen) atoms. The van der Waals surface area contributed by atoms with Gasteiger partial charge in [0.2, 0.25) is 18.2 Å². The molecule has 2 aromatic carbocycles. The Balaban J connectivity index is 1.82. The summed E-state index contributed by atoms with van der Waals surface area (Å²) in [7, 11) is 6.45. The zero-order chi connectivity index (χ0) is 24.1. The molecule has 0 saturated carbocycles. The molecule has 2 heterocycles. The van der Waals surface area contributed by atoms with Gasteiger partial charge in [-0.15, -0.1) is 0 Å². The van der Waals surface area contributed by atoms with Crippen LogP contribution in [0.2, 0.25) is 0 Å². The van der Waals surface area contributed by atoms with E-state index >= 15 is 0 Å². The third-order valence-electron chi connectivity index (χ3n) is 5.56. The third-order valence-corrected chi connectivity index (χ3v) is 5.56. The van der Waals surface area contributed by atoms with Crippen molar-refractivity contribution in [1.29, 1.82) is 0 Å². The van der Waals surface area contributed by atoms with E-state index in [1.165, 1.54) is 0 Å². The first-order valence-electron chi connectivity index (χ1n) is 10.8. The molecule has 1 atom stereocenters. The van der Waals surface area contributed by atoms with Crippen LogP contribution in [0.4, 0.5) is 11.4 Å². The van der Waals surface area contributed by atoms with Gasteiger partial charge in [-0.1, -0.05) is 0 Å². The summed E-state index contributed by atoms with van der Waals surface area (Å²) in [5.74, 6) is 3.37. The van der Waals surface area contributed by atoms with E-state index in [9.17, 15) is 0 Å². The number of nitrogens with two attached hydrogens (primary N) is 1. The maximum atomic E-state index is 6.20. The van der Waals surface area contributed by atoms with Gasteiger partial charge in [-0.05, 0) is 24.3 Å². The van der Waals surface area contributed by atoms with Crippen LogP contribution in [0.3, 0.4) is 0 Å². The average molecular weight is 471 g/mol. The molecule has 2 aromatic rings. The molecule has 1 unspecified atom stereocenters. The summed E-state index contributed by atoms with van der Waals surface area (Å²) in [5, 5.41) is 3.43. The van der Waals surface area contributed by atoms with Crippen LogP contribution in [-0.2, 0) is 4.74 Å². The van der Waals surface area contributed by atoms with Crippen molar-refractivity contribution < 1.29 is 23.7 Å². The summed E-state index contributed by atoms with van der Waals surface area (Å²) >= 11 is 0. The number of rotatable bonds is 7. The number of ether oxygens (including phenoxy) is 5. The Bertz CT molecular complexity index is 1070. The molecule has 2 aliphatic rings. The molecule has 2 aliphatic heterocycles. The largest absolute Gasteiger partial charge is 0.497 e. The standard InChI is InChI=1S/C23H30N6O5/c1-30-15-5-7-19(32-3)17(13-15)25-22-26-21(24)27-23(28-9-11-34-12-10-28)29(22)18-14-16(31-2)6-8-20(18)33-4/h5-8,13-14,22,25H,9-12H2,1-4H3,(H2,24,26). The van der Waals surface area contributed by atoms with Crippen LogP contribution in [0.1, 0.15) is 0 Å². The highest BCUT2D eigenvalue weighted by Gasteiger charge is 2.34. The second-order valence-corrected chi connectivity index (χ2v) is 7.49. The number of nitrogens with one attached hydrogen (secondary N) is 1. The van der Waals surface area contributed by atoms with E-state index in [1.54, 1.807) is 28.4 Å². The third kappa shape index (κ3) is 4.74. The number of guanidine groups is 2. The van der Waals surface area contributed by atoms with E-state index in [1.807, 2.05) is 41.3 Å². The van der Waals surface area contributed by atoms with Gasteiger partial charge in [0.1, 0.15) is 23.0 Å². The Morgan fingerprint density at radius 2 is 1.56 bits per heavy atom. The summed E-state index contributed by atoms with van der Waals surface area (Å²) in [4.78, 5) is 13.3. The number of hydrogen-bond donors (Lipinski definition) is 2. The zero-order valence-corrected chi connectivity index (χ0v) is 19.8. The van der Waals surface area contributed by atoms with Crippen LogP contribution >= 0.6 is 0 Å². The molecule has 0 amide bonds. The van der Waals surface area contributed by atoms with Gasteiger partial charge in [0, 0.05) is 25.2 Å². The van der Waals surface area contributed by atoms with Gasteiger partial charge < -0.3 is 39.6 Å². The molecule has 4 rings (SSSR count). The van der Waals surface area contributed by atoms with Gasteiger partial charge in [0.05, 0.1) is 53.0 Å². The first kappa shape index (κ1) is 23.3. The smallest absolute Gasteiger partial charge is 0.222 e. The number of hydrogen-bond acceptors (Lipinski definition) is 11. The van der Waals surface area contributed by atoms with Crippen LogP contribution in [-0.4, -0.2) is 77.9 Å². The van der Waals surface area contributed by atoms with Crippen LogP contribution in [0.25, 0.3) is 0 Å². The second kappa shape index (κ2) is 10.4. The molecule has 0 spiro atoms. The molecule has 11 heteroatoms. The lowest BCUT2D eigenvalue weighted by molar-refractivity contribution is 0.0671. The fourth-order valence-corrected chi connectivity index (χ4v) is 3.85. The summed E-state index contributed by atoms with van der Waals surface area (Å²) < 4.78 is 27.7. The fourth-order valence-electron chi connectivity index (χ4n) is 3.85. The first-order valence-corrected chi connectivity index (χ1v) is 10.8. The minimum Gasteiger partial charge on any atom is -0.497 e. The van der Waals surface area contributed by atoms with Crippen molar-refractivity contribution >= 4 is 23.3 Å². The minimum atomic E-state index is -0.669. The van der Waals surface area contributed by atoms with Crippen LogP contribution in [0.15, 0.2) is 46.4 Å². The molecule has 11 nitrogen and oxygen atoms in total. The fraction of sp³-hybridized carbons (Fsp3) is 0.391. The Kier molecular flexibility index (Phi) is 7.12. The van der Waals surface area contributed by atoms with E-state index in [-0.39, 0.29) is 5.96 Å². The van der Waals surface area contributed by atoms with Crippen molar-refractivity contribution in [3.63, 3.8) is 0 Å². The predicted octanol–water partition coefficient (Wildman–Crippen LogP) is 1.94. The molecular weight excluding hydrogens is 440 g/mol. The minimum absolute atomic E-state index is 0.152. The van der Waals surface area contributed by atoms with E-state index in [2.05, 4.69) is 20.2 Å². The number of benzene rings is 2. The summed E-state index contributed by atoms with van der Waals surface area (Å²) in [6.07, 6.45) is -0.669. The highest BCUT2D eigenvalue weighted by Crippen LogP contribution is 2.37. The lowest BCUT2D eigenvalue weighted by Gasteiger charge is -2.41. The Hall–Kier alpha value is -3.86. The number of nitrogens with zero attached hydrogens (tertiary/aromatic N) is 4. The van der Waals surface area contributed by atoms with E-state index in [0.717, 1.165) is 0 Å². The number of methoxy groups -OCH3 is 4. The van der Waals surface area contributed by atoms with Crippen molar-refractivity contribution in [2.75, 3.05) is 65.0 Å². The molecule has 0 aromatic heterocycles. The van der Waals surface area contributed by atoms with Crippen molar-refractivity contribution in [3.8, 4) is 23.0 Å². The molecule has 0 aliphatic carbocycles. The number of aliphatic imine (C=N–C) groups is 2. The topological polar surface area (TPSA) is 115 Å². The summed E-state index contributed by atoms with van der Waals surface area (Å²) in [6, 6.07) is 11.0. The molecule has 0 bridgehead atoms. The lowest BCUT2D eigenvalue weighted by Crippen LogP contribution is -2.57. The Morgan fingerprint density at radius 3 is 2.21 bits per heavy atom. The maximum absolute atomic E-state index is 6.20. The average Bonchev–Trinajstić information content (AvgIpc) is 2.88. The van der Waals surface area contributed by atoms with Crippen molar-refractivity contribution in [2.24, 2.45) is 15.7 Å². The van der Waals surface area contributed by atoms with Gasteiger partial charge in [-0.25, -0.2) is 4.99 Å². The monoisotopic (exact) mass is 470 g/mol. The molecular formula is C23H30N6O5. The molecule has 1 fully saturated rings. The van der Waals surface area contributed by atoms with Gasteiger partial charge in [-0.2, -0.15) is 4.99 Å². The molecule has 3 N–H and O–H groups in total. The summed E-state index contributed by atoms with van der Waals surface area (Å²) in [5.41, 5.74) is 7.59. The quantitative estimate of drug-likeness (QED) is 0.626. The van der Waals surface area contributed by atoms with E-state index < -0.39 is 6.29 Å². The van der Waals surface area contributed by atoms with Crippen molar-refractivity contribution in [3.05, 3.63) is 36.4 Å². The maximum Gasteiger partial charge on any atom is 0.222 e. The van der Waals surface area contributed by atoms with E-state index in [0.29, 0.717) is 66.6 Å². The normalized spacial score (nSPS) is 18.1. The highest BCUT2D eigenvalue weighted by atomic mass is 16.5. The van der Waals surface area contributed by atoms with E-state index in [4.69, 9.17) is 29.4 Å². The summed E-state index contributed by atoms with van der Waals surface area (Å²) in [6.45, 7) is 2.48. The van der Waals surface area contributed by atoms with Gasteiger partial charge >= 0.3 is 0 Å². The van der Waals surface area contributed by atoms with Crippen LogP contribution in [0, 0.1) is 0 Å². The van der Waals surface area contributed by atoms with Crippen molar-refractivity contribution in [1.82, 2.24) is 4.90 Å². The SMILES string of the molecule is COc1ccc(OC)c(NC2N=C(N)N=C(N3CCOCC3)N2c2cc(OC)ccc2OC)c1. The Morgan fingerprint density at radius 1 is 0.912 bits per heavy atom. The predicted molar refractivity (Wildman–Crippen MR) is 130 cm³/mol. The van der Waals surface area contributed by atoms with Crippen molar-refractivity contribution in [2.45, 2.75) is 6.29 Å². The number of anilines is 2. The molecule has 0 radical (unpaired) electrons. The lowest BCUT2D eigenvalue weighted by atomic mass is 10.2. The van der Waals surface area contributed by atoms with Crippen LogP contribution < -0.4 is 34.9 Å². The first-order chi connectivity index (χ1) is 16.6. The molecule has 1 saturated heterocycles.